The first-order valence-corrected chi connectivity index (χ1v) is 8.04. The Hall–Kier alpha value is -0.750. The number of carbonyl (C=O) groups is 2. The number of nitrogens with one attached hydrogen (secondary N) is 1. The van der Waals surface area contributed by atoms with Gasteiger partial charge in [-0.1, -0.05) is 19.3 Å². The van der Waals surface area contributed by atoms with Gasteiger partial charge < -0.3 is 15.3 Å². The van der Waals surface area contributed by atoms with Crippen LogP contribution in [-0.4, -0.2) is 53.1 Å². The predicted molar refractivity (Wildman–Crippen MR) is 74.7 cm³/mol. The molecule has 0 bridgehead atoms. The highest BCUT2D eigenvalue weighted by atomic mass is 32.2. The molecule has 2 aliphatic rings. The van der Waals surface area contributed by atoms with E-state index >= 15 is 0 Å². The van der Waals surface area contributed by atoms with Crippen molar-refractivity contribution in [3.63, 3.8) is 0 Å². The third kappa shape index (κ3) is 3.86. The Kier molecular flexibility index (Phi) is 5.10. The predicted octanol–water partition coefficient (Wildman–Crippen LogP) is 0.578. The Morgan fingerprint density at radius 2 is 2.11 bits per heavy atom. The molecule has 108 valence electrons. The van der Waals surface area contributed by atoms with Crippen molar-refractivity contribution in [2.45, 2.75) is 32.1 Å². The summed E-state index contributed by atoms with van der Waals surface area (Å²) in [6.45, 7) is 0.802. The summed E-state index contributed by atoms with van der Waals surface area (Å²) < 4.78 is 0. The molecule has 0 aromatic rings. The van der Waals surface area contributed by atoms with Crippen LogP contribution in [0.2, 0.25) is 0 Å². The number of thioether (sulfide) groups is 1. The van der Waals surface area contributed by atoms with Crippen molar-refractivity contribution >= 4 is 23.6 Å². The molecule has 2 N–H and O–H groups in total. The third-order valence-corrected chi connectivity index (χ3v) is 5.02. The number of aliphatic hydroxyl groups is 1. The Bertz CT molecular complexity index is 343. The van der Waals surface area contributed by atoms with E-state index in [2.05, 4.69) is 5.32 Å². The van der Waals surface area contributed by atoms with Gasteiger partial charge in [0.15, 0.2) is 0 Å². The van der Waals surface area contributed by atoms with Gasteiger partial charge in [-0.25, -0.2) is 0 Å². The molecule has 2 rings (SSSR count). The van der Waals surface area contributed by atoms with Gasteiger partial charge in [0.05, 0.1) is 18.2 Å². The number of rotatable bonds is 5. The van der Waals surface area contributed by atoms with Gasteiger partial charge in [0.25, 0.3) is 0 Å². The molecule has 1 saturated heterocycles. The van der Waals surface area contributed by atoms with Crippen LogP contribution < -0.4 is 5.32 Å². The summed E-state index contributed by atoms with van der Waals surface area (Å²) >= 11 is 1.54. The maximum atomic E-state index is 11.8. The van der Waals surface area contributed by atoms with Crippen LogP contribution >= 0.6 is 11.8 Å². The largest absolute Gasteiger partial charge is 0.396 e. The molecule has 0 aromatic carbocycles. The van der Waals surface area contributed by atoms with Crippen molar-refractivity contribution in [3.05, 3.63) is 0 Å². The van der Waals surface area contributed by atoms with Crippen molar-refractivity contribution in [1.82, 2.24) is 10.2 Å². The van der Waals surface area contributed by atoms with E-state index in [1.54, 1.807) is 4.90 Å². The summed E-state index contributed by atoms with van der Waals surface area (Å²) in [6, 6.07) is 0. The molecule has 2 amide bonds. The van der Waals surface area contributed by atoms with Crippen LogP contribution in [0.1, 0.15) is 32.1 Å². The lowest BCUT2D eigenvalue weighted by Gasteiger charge is -2.35. The van der Waals surface area contributed by atoms with Crippen molar-refractivity contribution in [3.8, 4) is 0 Å². The normalized spacial score (nSPS) is 22.6. The molecule has 0 aromatic heterocycles. The lowest BCUT2D eigenvalue weighted by Crippen LogP contribution is -2.45. The van der Waals surface area contributed by atoms with Crippen LogP contribution in [0.25, 0.3) is 0 Å². The number of hydrogen-bond acceptors (Lipinski definition) is 4. The zero-order valence-electron chi connectivity index (χ0n) is 11.2. The highest BCUT2D eigenvalue weighted by Gasteiger charge is 2.32. The number of nitrogens with zero attached hydrogens (tertiary/aromatic N) is 1. The van der Waals surface area contributed by atoms with Gasteiger partial charge in [0.2, 0.25) is 11.8 Å². The Labute approximate surface area is 118 Å². The van der Waals surface area contributed by atoms with Gasteiger partial charge in [-0.05, 0) is 12.8 Å². The fourth-order valence-corrected chi connectivity index (χ4v) is 3.65. The highest BCUT2D eigenvalue weighted by Crippen LogP contribution is 2.35. The van der Waals surface area contributed by atoms with Crippen LogP contribution in [-0.2, 0) is 9.59 Å². The quantitative estimate of drug-likeness (QED) is 0.775. The summed E-state index contributed by atoms with van der Waals surface area (Å²) in [5.41, 5.74) is -0.141. The van der Waals surface area contributed by atoms with E-state index in [4.69, 9.17) is 0 Å². The van der Waals surface area contributed by atoms with E-state index < -0.39 is 0 Å². The zero-order valence-corrected chi connectivity index (χ0v) is 12.0. The molecule has 1 saturated carbocycles. The second-order valence-electron chi connectivity index (χ2n) is 5.56. The van der Waals surface area contributed by atoms with Crippen LogP contribution in [0.3, 0.4) is 0 Å². The zero-order chi connectivity index (χ0) is 13.7. The monoisotopic (exact) mass is 286 g/mol. The van der Waals surface area contributed by atoms with Crippen LogP contribution in [0.5, 0.6) is 0 Å². The Morgan fingerprint density at radius 1 is 1.37 bits per heavy atom. The topological polar surface area (TPSA) is 69.6 Å². The highest BCUT2D eigenvalue weighted by molar-refractivity contribution is 8.00. The first-order chi connectivity index (χ1) is 9.15. The average molecular weight is 286 g/mol. The van der Waals surface area contributed by atoms with E-state index in [-0.39, 0.29) is 30.4 Å². The molecule has 0 unspecified atom stereocenters. The van der Waals surface area contributed by atoms with Gasteiger partial charge in [-0.2, -0.15) is 0 Å². The van der Waals surface area contributed by atoms with E-state index in [1.165, 1.54) is 18.2 Å². The summed E-state index contributed by atoms with van der Waals surface area (Å²) in [7, 11) is 0. The molecule has 1 aliphatic carbocycles. The van der Waals surface area contributed by atoms with Crippen molar-refractivity contribution in [2.24, 2.45) is 5.41 Å². The Morgan fingerprint density at radius 3 is 2.68 bits per heavy atom. The standard InChI is InChI=1S/C13H22N2O3S/c16-9-13(4-2-1-3-5-13)8-14-11(17)6-15-10-19-7-12(15)18/h16H,1-10H2,(H,14,17). The summed E-state index contributed by atoms with van der Waals surface area (Å²) in [6.07, 6.45) is 5.41. The lowest BCUT2D eigenvalue weighted by atomic mass is 9.74. The number of aliphatic hydroxyl groups excluding tert-OH is 1. The SMILES string of the molecule is O=C(CN1CSCC1=O)NCC1(CO)CCCCC1. The second-order valence-corrected chi connectivity index (χ2v) is 6.52. The van der Waals surface area contributed by atoms with E-state index in [0.717, 1.165) is 25.7 Å². The lowest BCUT2D eigenvalue weighted by molar-refractivity contribution is -0.132. The molecule has 19 heavy (non-hydrogen) atoms. The smallest absolute Gasteiger partial charge is 0.239 e. The minimum atomic E-state index is -0.141. The van der Waals surface area contributed by atoms with Crippen LogP contribution in [0.4, 0.5) is 0 Å². The molecule has 5 nitrogen and oxygen atoms in total. The second kappa shape index (κ2) is 6.61. The van der Waals surface area contributed by atoms with Gasteiger partial charge in [0, 0.05) is 12.0 Å². The molecule has 0 atom stereocenters. The number of hydrogen-bond donors (Lipinski definition) is 2. The van der Waals surface area contributed by atoms with Gasteiger partial charge in [-0.3, -0.25) is 9.59 Å². The van der Waals surface area contributed by atoms with Gasteiger partial charge >= 0.3 is 0 Å². The van der Waals surface area contributed by atoms with E-state index in [0.29, 0.717) is 18.2 Å². The summed E-state index contributed by atoms with van der Waals surface area (Å²) in [5.74, 6) is 1.01. The average Bonchev–Trinajstić information content (AvgIpc) is 2.83. The van der Waals surface area contributed by atoms with Gasteiger partial charge in [-0.15, -0.1) is 11.8 Å². The molecule has 1 heterocycles. The van der Waals surface area contributed by atoms with Crippen molar-refractivity contribution < 1.29 is 14.7 Å². The summed E-state index contributed by atoms with van der Waals surface area (Å²) in [5, 5.41) is 12.5. The minimum absolute atomic E-state index is 0.0367. The summed E-state index contributed by atoms with van der Waals surface area (Å²) in [4.78, 5) is 24.8. The minimum Gasteiger partial charge on any atom is -0.396 e. The van der Waals surface area contributed by atoms with Crippen LogP contribution in [0, 0.1) is 5.41 Å². The molecular weight excluding hydrogens is 264 g/mol. The molecule has 0 radical (unpaired) electrons. The fraction of sp³-hybridized carbons (Fsp3) is 0.846. The molecule has 0 spiro atoms. The van der Waals surface area contributed by atoms with Crippen molar-refractivity contribution in [2.75, 3.05) is 31.3 Å². The maximum absolute atomic E-state index is 11.8. The molecule has 2 fully saturated rings. The van der Waals surface area contributed by atoms with E-state index in [1.807, 2.05) is 0 Å². The van der Waals surface area contributed by atoms with E-state index in [9.17, 15) is 14.7 Å². The Balaban J connectivity index is 1.77. The van der Waals surface area contributed by atoms with Gasteiger partial charge in [0.1, 0.15) is 6.54 Å². The number of amides is 2. The first-order valence-electron chi connectivity index (χ1n) is 6.88. The number of carbonyl (C=O) groups excluding carboxylic acids is 2. The molecule has 6 heteroatoms. The maximum Gasteiger partial charge on any atom is 0.239 e. The molecule has 1 aliphatic heterocycles. The van der Waals surface area contributed by atoms with Crippen molar-refractivity contribution in [1.29, 1.82) is 0 Å². The fourth-order valence-electron chi connectivity index (χ4n) is 2.75. The van der Waals surface area contributed by atoms with Crippen LogP contribution in [0.15, 0.2) is 0 Å². The first kappa shape index (κ1) is 14.7. The third-order valence-electron chi connectivity index (χ3n) is 4.07. The molecular formula is C13H22N2O3S.